The summed E-state index contributed by atoms with van der Waals surface area (Å²) in [6.45, 7) is 2.98. The average Bonchev–Trinajstić information content (AvgIpc) is 3.01. The van der Waals surface area contributed by atoms with Gasteiger partial charge in [-0.3, -0.25) is 0 Å². The van der Waals surface area contributed by atoms with Crippen LogP contribution < -0.4 is 4.74 Å². The Balaban J connectivity index is 1.66. The molecule has 0 radical (unpaired) electrons. The zero-order valence-electron chi connectivity index (χ0n) is 17.6. The third-order valence-electron chi connectivity index (χ3n) is 6.60. The lowest BCUT2D eigenvalue weighted by Crippen LogP contribution is -2.30. The summed E-state index contributed by atoms with van der Waals surface area (Å²) in [7, 11) is 0. The molecule has 166 valence electrons. The molecule has 2 aliphatic carbocycles. The molecule has 1 fully saturated rings. The minimum absolute atomic E-state index is 0.131. The van der Waals surface area contributed by atoms with Crippen LogP contribution in [-0.4, -0.2) is 52.2 Å². The maximum absolute atomic E-state index is 11.7. The zero-order chi connectivity index (χ0) is 21.8. The summed E-state index contributed by atoms with van der Waals surface area (Å²) in [4.78, 5) is 22.6. The van der Waals surface area contributed by atoms with Crippen molar-refractivity contribution in [3.8, 4) is 5.75 Å². The minimum Gasteiger partial charge on any atom is -0.482 e. The van der Waals surface area contributed by atoms with Crippen LogP contribution in [0, 0.1) is 17.8 Å². The zero-order valence-corrected chi connectivity index (χ0v) is 17.6. The van der Waals surface area contributed by atoms with Crippen molar-refractivity contribution < 1.29 is 34.4 Å². The van der Waals surface area contributed by atoms with Gasteiger partial charge in [0, 0.05) is 0 Å². The molecule has 0 spiro atoms. The average molecular weight is 421 g/mol. The molecular formula is C23H32O7. The van der Waals surface area contributed by atoms with E-state index in [4.69, 9.17) is 14.6 Å². The number of ether oxygens (including phenoxy) is 2. The van der Waals surface area contributed by atoms with E-state index in [0.29, 0.717) is 36.8 Å². The molecule has 30 heavy (non-hydrogen) atoms. The van der Waals surface area contributed by atoms with Gasteiger partial charge < -0.3 is 24.8 Å². The number of fused-ring (bicyclic) bond motifs is 2. The summed E-state index contributed by atoms with van der Waals surface area (Å²) in [6.07, 6.45) is 2.62. The molecule has 3 N–H and O–H groups in total. The molecule has 1 aromatic rings. The van der Waals surface area contributed by atoms with Crippen LogP contribution in [0.25, 0.3) is 0 Å². The van der Waals surface area contributed by atoms with Crippen molar-refractivity contribution in [2.24, 2.45) is 17.8 Å². The second-order valence-corrected chi connectivity index (χ2v) is 8.60. The largest absolute Gasteiger partial charge is 0.482 e. The lowest BCUT2D eigenvalue weighted by Gasteiger charge is -2.32. The molecule has 0 bridgehead atoms. The molecule has 0 aromatic heterocycles. The molecular weight excluding hydrogens is 388 g/mol. The van der Waals surface area contributed by atoms with Crippen LogP contribution >= 0.6 is 0 Å². The first kappa shape index (κ1) is 22.6. The number of carbonyl (C=O) groups excluding carboxylic acids is 1. The summed E-state index contributed by atoms with van der Waals surface area (Å²) >= 11 is 0. The number of hydrogen-bond acceptors (Lipinski definition) is 6. The van der Waals surface area contributed by atoms with E-state index < -0.39 is 24.1 Å². The van der Waals surface area contributed by atoms with Crippen LogP contribution in [-0.2, 0) is 27.2 Å². The molecule has 6 atom stereocenters. The summed E-state index contributed by atoms with van der Waals surface area (Å²) in [6, 6.07) is 5.76. The second kappa shape index (κ2) is 9.79. The predicted octanol–water partition coefficient (Wildman–Crippen LogP) is 2.34. The Bertz CT molecular complexity index is 760. The Kier molecular flexibility index (Phi) is 7.36. The van der Waals surface area contributed by atoms with Crippen molar-refractivity contribution in [3.63, 3.8) is 0 Å². The number of rotatable bonds is 9. The number of esters is 1. The predicted molar refractivity (Wildman–Crippen MR) is 109 cm³/mol. The molecule has 0 heterocycles. The lowest BCUT2D eigenvalue weighted by atomic mass is 9.73. The van der Waals surface area contributed by atoms with Gasteiger partial charge in [0.1, 0.15) is 18.0 Å². The second-order valence-electron chi connectivity index (χ2n) is 8.60. The lowest BCUT2D eigenvalue weighted by molar-refractivity contribution is -0.158. The summed E-state index contributed by atoms with van der Waals surface area (Å²) in [5.41, 5.74) is 2.22. The molecule has 1 aromatic carbocycles. The fourth-order valence-electron chi connectivity index (χ4n) is 5.07. The van der Waals surface area contributed by atoms with Gasteiger partial charge >= 0.3 is 11.9 Å². The topological polar surface area (TPSA) is 113 Å². The highest BCUT2D eigenvalue weighted by atomic mass is 16.6. The number of hydrogen-bond donors (Lipinski definition) is 3. The third-order valence-corrected chi connectivity index (χ3v) is 6.60. The number of aliphatic hydroxyl groups excluding tert-OH is 2. The maximum atomic E-state index is 11.7. The van der Waals surface area contributed by atoms with Gasteiger partial charge in [-0.15, -0.1) is 0 Å². The highest BCUT2D eigenvalue weighted by Crippen LogP contribution is 2.48. The van der Waals surface area contributed by atoms with Crippen LogP contribution in [0.1, 0.15) is 50.7 Å². The Hall–Kier alpha value is -2.12. The van der Waals surface area contributed by atoms with E-state index in [1.54, 1.807) is 0 Å². The number of carbonyl (C=O) groups is 2. The summed E-state index contributed by atoms with van der Waals surface area (Å²) < 4.78 is 10.9. The van der Waals surface area contributed by atoms with Crippen molar-refractivity contribution in [1.82, 2.24) is 0 Å². The van der Waals surface area contributed by atoms with E-state index >= 15 is 0 Å². The van der Waals surface area contributed by atoms with Gasteiger partial charge in [0.15, 0.2) is 6.61 Å². The molecule has 7 nitrogen and oxygen atoms in total. The van der Waals surface area contributed by atoms with E-state index in [9.17, 15) is 19.8 Å². The van der Waals surface area contributed by atoms with Crippen molar-refractivity contribution in [2.75, 3.05) is 6.61 Å². The van der Waals surface area contributed by atoms with Crippen LogP contribution in [0.3, 0.4) is 0 Å². The standard InChI is InChI=1S/C23H32O7/c1-3-16(30-23(28)13(2)24)7-8-17-18-9-14-5-4-6-21(29-12-22(26)27)19(14)10-15(18)11-20(17)25/h4-6,13,15-18,20,24-25H,3,7-12H2,1-2H3,(H,26,27)/t13-,15-,16-,17+,18-,20+/m0/s1. The van der Waals surface area contributed by atoms with Gasteiger partial charge in [0.2, 0.25) is 0 Å². The van der Waals surface area contributed by atoms with Gasteiger partial charge in [-0.25, -0.2) is 9.59 Å². The smallest absolute Gasteiger partial charge is 0.341 e. The number of benzene rings is 1. The molecule has 0 aliphatic heterocycles. The number of carboxylic acid groups (broad SMARTS) is 1. The van der Waals surface area contributed by atoms with Crippen LogP contribution in [0.15, 0.2) is 18.2 Å². The van der Waals surface area contributed by atoms with E-state index in [1.807, 2.05) is 19.1 Å². The first-order chi connectivity index (χ1) is 14.3. The third kappa shape index (κ3) is 5.13. The van der Waals surface area contributed by atoms with Crippen LogP contribution in [0.2, 0.25) is 0 Å². The number of aliphatic carboxylic acids is 1. The molecule has 7 heteroatoms. The molecule has 1 saturated carbocycles. The van der Waals surface area contributed by atoms with Gasteiger partial charge in [0.05, 0.1) is 6.10 Å². The van der Waals surface area contributed by atoms with Crippen LogP contribution in [0.5, 0.6) is 5.75 Å². The van der Waals surface area contributed by atoms with Gasteiger partial charge in [-0.05, 0) is 80.4 Å². The van der Waals surface area contributed by atoms with E-state index in [0.717, 1.165) is 30.4 Å². The van der Waals surface area contributed by atoms with Gasteiger partial charge in [-0.2, -0.15) is 0 Å². The molecule has 0 unspecified atom stereocenters. The van der Waals surface area contributed by atoms with Gasteiger partial charge in [-0.1, -0.05) is 19.1 Å². The molecule has 0 saturated heterocycles. The van der Waals surface area contributed by atoms with E-state index in [-0.39, 0.29) is 18.6 Å². The van der Waals surface area contributed by atoms with Gasteiger partial charge in [0.25, 0.3) is 0 Å². The fourth-order valence-corrected chi connectivity index (χ4v) is 5.07. The quantitative estimate of drug-likeness (QED) is 0.526. The van der Waals surface area contributed by atoms with Crippen molar-refractivity contribution in [1.29, 1.82) is 0 Å². The Morgan fingerprint density at radius 2 is 2.03 bits per heavy atom. The fraction of sp³-hybridized carbons (Fsp3) is 0.652. The van der Waals surface area contributed by atoms with Crippen molar-refractivity contribution in [3.05, 3.63) is 29.3 Å². The van der Waals surface area contributed by atoms with Crippen molar-refractivity contribution in [2.45, 2.75) is 70.7 Å². The highest BCUT2D eigenvalue weighted by Gasteiger charge is 2.45. The Morgan fingerprint density at radius 1 is 1.27 bits per heavy atom. The first-order valence-corrected chi connectivity index (χ1v) is 10.8. The number of carboxylic acids is 1. The first-order valence-electron chi connectivity index (χ1n) is 10.8. The van der Waals surface area contributed by atoms with E-state index in [1.165, 1.54) is 6.92 Å². The molecule has 2 aliphatic rings. The minimum atomic E-state index is -1.13. The van der Waals surface area contributed by atoms with Crippen molar-refractivity contribution >= 4 is 11.9 Å². The number of aliphatic hydroxyl groups is 2. The Labute approximate surface area is 177 Å². The van der Waals surface area contributed by atoms with E-state index in [2.05, 4.69) is 6.07 Å². The molecule has 3 rings (SSSR count). The normalized spacial score (nSPS) is 26.9. The highest BCUT2D eigenvalue weighted by molar-refractivity contribution is 5.74. The maximum Gasteiger partial charge on any atom is 0.341 e. The molecule has 0 amide bonds. The van der Waals surface area contributed by atoms with Crippen LogP contribution in [0.4, 0.5) is 0 Å². The summed E-state index contributed by atoms with van der Waals surface area (Å²) in [5.74, 6) is -0.181. The Morgan fingerprint density at radius 3 is 2.70 bits per heavy atom. The summed E-state index contributed by atoms with van der Waals surface area (Å²) in [5, 5.41) is 29.0. The SMILES string of the molecule is CC[C@@H](CC[C@@H]1[C@H]2Cc3cccc(OCC(=O)O)c3C[C@H]2C[C@H]1O)OC(=O)[C@H](C)O. The monoisotopic (exact) mass is 420 g/mol.